The van der Waals surface area contributed by atoms with E-state index in [1.54, 1.807) is 7.05 Å². The Balaban J connectivity index is 1.93. The van der Waals surface area contributed by atoms with Crippen molar-refractivity contribution in [2.24, 2.45) is 0 Å². The van der Waals surface area contributed by atoms with Crippen LogP contribution in [0.5, 0.6) is 0 Å². The fourth-order valence-corrected chi connectivity index (χ4v) is 3.99. The van der Waals surface area contributed by atoms with Crippen molar-refractivity contribution in [2.75, 3.05) is 14.2 Å². The topological polar surface area (TPSA) is 47.4 Å². The molecule has 5 heteroatoms. The summed E-state index contributed by atoms with van der Waals surface area (Å²) in [6.07, 6.45) is 3.92. The highest BCUT2D eigenvalue weighted by Crippen LogP contribution is 2.40. The summed E-state index contributed by atoms with van der Waals surface area (Å²) >= 11 is 0. The quantitative estimate of drug-likeness (QED) is 0.337. The maximum absolute atomic E-state index is 12.4. The fraction of sp³-hybridized carbons (Fsp3) is 0.154. The molecule has 0 aliphatic heterocycles. The van der Waals surface area contributed by atoms with E-state index in [2.05, 4.69) is 45.9 Å². The molecule has 1 amide bonds. The van der Waals surface area contributed by atoms with Crippen LogP contribution < -0.4 is 0 Å². The molecule has 3 aromatic carbocycles. The number of carbonyl (C=O) groups is 1. The predicted octanol–water partition coefficient (Wildman–Crippen LogP) is 4.29. The summed E-state index contributed by atoms with van der Waals surface area (Å²) < 4.78 is 2.10. The minimum atomic E-state index is -0.634. The van der Waals surface area contributed by atoms with Gasteiger partial charge in [-0.15, -0.1) is 0 Å². The van der Waals surface area contributed by atoms with Crippen LogP contribution in [0.2, 0.25) is 0 Å². The number of amides is 1. The van der Waals surface area contributed by atoms with Gasteiger partial charge >= 0.3 is 0 Å². The molecule has 0 saturated carbocycles. The molecule has 0 aliphatic rings. The normalized spacial score (nSPS) is 11.3. The minimum Gasteiger partial charge on any atom is -0.319 e. The number of rotatable bonds is 7. The van der Waals surface area contributed by atoms with Crippen LogP contribution in [0.3, 0.4) is 0 Å². The van der Waals surface area contributed by atoms with Crippen LogP contribution in [0.25, 0.3) is 0 Å². The average molecular weight is 412 g/mol. The van der Waals surface area contributed by atoms with Crippen molar-refractivity contribution in [3.05, 3.63) is 126 Å². The van der Waals surface area contributed by atoms with Crippen molar-refractivity contribution >= 4 is 5.91 Å². The number of likely N-dealkylation sites (N-methyl/N-ethyl adjacent to an activating group) is 1. The van der Waals surface area contributed by atoms with Gasteiger partial charge in [-0.1, -0.05) is 91.0 Å². The van der Waals surface area contributed by atoms with E-state index in [0.29, 0.717) is 5.69 Å². The third-order valence-electron chi connectivity index (χ3n) is 5.56. The molecule has 0 saturated heterocycles. The lowest BCUT2D eigenvalue weighted by Crippen LogP contribution is -2.37. The zero-order valence-corrected chi connectivity index (χ0v) is 17.7. The molecule has 0 bridgehead atoms. The fourth-order valence-electron chi connectivity index (χ4n) is 3.99. The summed E-state index contributed by atoms with van der Waals surface area (Å²) in [5.41, 5.74) is 3.37. The molecule has 31 heavy (non-hydrogen) atoms. The number of nitrogens with zero attached hydrogens (tertiary/aromatic N) is 3. The van der Waals surface area contributed by atoms with Gasteiger partial charge < -0.3 is 4.57 Å². The Morgan fingerprint density at radius 2 is 1.32 bits per heavy atom. The zero-order chi connectivity index (χ0) is 21.7. The lowest BCUT2D eigenvalue weighted by atomic mass is 9.77. The molecule has 0 spiro atoms. The van der Waals surface area contributed by atoms with Crippen molar-refractivity contribution in [2.45, 2.75) is 12.0 Å². The lowest BCUT2D eigenvalue weighted by molar-refractivity contribution is -0.167. The van der Waals surface area contributed by atoms with Crippen LogP contribution in [-0.2, 0) is 21.6 Å². The van der Waals surface area contributed by atoms with Crippen molar-refractivity contribution < 1.29 is 9.63 Å². The summed E-state index contributed by atoms with van der Waals surface area (Å²) in [6, 6.07) is 31.1. The van der Waals surface area contributed by atoms with E-state index in [1.165, 1.54) is 12.2 Å². The van der Waals surface area contributed by atoms with Crippen LogP contribution in [0.4, 0.5) is 0 Å². The van der Waals surface area contributed by atoms with Crippen LogP contribution in [0.15, 0.2) is 104 Å². The molecule has 156 valence electrons. The van der Waals surface area contributed by atoms with Crippen molar-refractivity contribution in [3.63, 3.8) is 0 Å². The summed E-state index contributed by atoms with van der Waals surface area (Å²) in [4.78, 5) is 22.0. The summed E-state index contributed by atoms with van der Waals surface area (Å²) in [6.45, 7) is 0. The molecule has 1 heterocycles. The molecule has 0 fully saturated rings. The molecule has 0 radical (unpaired) electrons. The first-order chi connectivity index (χ1) is 15.2. The Kier molecular flexibility index (Phi) is 5.96. The molecule has 0 N–H and O–H groups in total. The molecular weight excluding hydrogens is 386 g/mol. The molecule has 0 atom stereocenters. The van der Waals surface area contributed by atoms with Gasteiger partial charge in [0.2, 0.25) is 0 Å². The summed E-state index contributed by atoms with van der Waals surface area (Å²) in [5.74, 6) is -0.155. The van der Waals surface area contributed by atoms with Crippen molar-refractivity contribution in [3.8, 4) is 0 Å². The number of imidazole rings is 1. The summed E-state index contributed by atoms with van der Waals surface area (Å²) in [7, 11) is 3.07. The Morgan fingerprint density at radius 1 is 0.871 bits per heavy atom. The highest BCUT2D eigenvalue weighted by molar-refractivity contribution is 5.77. The number of hydrogen-bond donors (Lipinski definition) is 0. The summed E-state index contributed by atoms with van der Waals surface area (Å²) in [5, 5.41) is 1.22. The minimum absolute atomic E-state index is 0.155. The van der Waals surface area contributed by atoms with Crippen molar-refractivity contribution in [1.82, 2.24) is 14.6 Å². The van der Waals surface area contributed by atoms with E-state index in [1.807, 2.05) is 67.1 Å². The van der Waals surface area contributed by atoms with E-state index >= 15 is 0 Å². The van der Waals surface area contributed by atoms with Gasteiger partial charge in [-0.2, -0.15) is 0 Å². The van der Waals surface area contributed by atoms with E-state index in [4.69, 9.17) is 4.84 Å². The van der Waals surface area contributed by atoms with Crippen LogP contribution in [-0.4, -0.2) is 34.7 Å². The van der Waals surface area contributed by atoms with E-state index < -0.39 is 5.54 Å². The first kappa shape index (κ1) is 20.6. The van der Waals surface area contributed by atoms with Gasteiger partial charge in [-0.3, -0.25) is 9.63 Å². The first-order valence-corrected chi connectivity index (χ1v) is 10.2. The molecule has 0 aliphatic carbocycles. The molecule has 0 unspecified atom stereocenters. The number of hydroxylamine groups is 2. The lowest BCUT2D eigenvalue weighted by Gasteiger charge is -2.37. The zero-order valence-electron chi connectivity index (χ0n) is 17.7. The predicted molar refractivity (Wildman–Crippen MR) is 120 cm³/mol. The second-order valence-corrected chi connectivity index (χ2v) is 7.33. The molecule has 5 nitrogen and oxygen atoms in total. The van der Waals surface area contributed by atoms with Crippen LogP contribution in [0.1, 0.15) is 22.4 Å². The van der Waals surface area contributed by atoms with Crippen LogP contribution in [0, 0.1) is 0 Å². The van der Waals surface area contributed by atoms with Gasteiger partial charge in [0, 0.05) is 13.2 Å². The van der Waals surface area contributed by atoms with Gasteiger partial charge in [0.05, 0.1) is 25.6 Å². The Labute approximate surface area is 182 Å². The van der Waals surface area contributed by atoms with Gasteiger partial charge in [-0.25, -0.2) is 10.0 Å². The molecule has 4 aromatic rings. The van der Waals surface area contributed by atoms with Gasteiger partial charge in [-0.05, 0) is 16.7 Å². The number of hydrogen-bond acceptors (Lipinski definition) is 3. The number of carbonyl (C=O) groups excluding carboxylic acids is 1. The first-order valence-electron chi connectivity index (χ1n) is 10.2. The maximum Gasteiger partial charge on any atom is 0.251 e. The van der Waals surface area contributed by atoms with Crippen LogP contribution >= 0.6 is 0 Å². The Morgan fingerprint density at radius 3 is 1.74 bits per heavy atom. The third kappa shape index (κ3) is 3.88. The highest BCUT2D eigenvalue weighted by atomic mass is 16.7. The maximum atomic E-state index is 12.4. The largest absolute Gasteiger partial charge is 0.319 e. The highest BCUT2D eigenvalue weighted by Gasteiger charge is 2.38. The molecule has 1 aromatic heterocycles. The number of aromatic nitrogens is 2. The van der Waals surface area contributed by atoms with E-state index in [0.717, 1.165) is 16.7 Å². The Bertz CT molecular complexity index is 1030. The van der Waals surface area contributed by atoms with Crippen molar-refractivity contribution in [1.29, 1.82) is 0 Å². The SMILES string of the molecule is CON(C)C(=O)Cc1cn(C(c2ccccc2)(c2ccccc2)c2ccccc2)cn1. The van der Waals surface area contributed by atoms with Gasteiger partial charge in [0.25, 0.3) is 5.91 Å². The Hall–Kier alpha value is -3.70. The smallest absolute Gasteiger partial charge is 0.251 e. The molecular formula is C26H25N3O2. The number of benzene rings is 3. The monoisotopic (exact) mass is 411 g/mol. The average Bonchev–Trinajstić information content (AvgIpc) is 3.29. The standard InChI is InChI=1S/C26H25N3O2/c1-28(31-2)25(30)18-24-19-29(20-27-24)26(21-12-6-3-7-13-21,22-14-8-4-9-15-22)23-16-10-5-11-17-23/h3-17,19-20H,18H2,1-2H3. The van der Waals surface area contributed by atoms with Gasteiger partial charge in [0.1, 0.15) is 5.54 Å². The van der Waals surface area contributed by atoms with E-state index in [9.17, 15) is 4.79 Å². The third-order valence-corrected chi connectivity index (χ3v) is 5.56. The van der Waals surface area contributed by atoms with Gasteiger partial charge in [0.15, 0.2) is 0 Å². The second-order valence-electron chi connectivity index (χ2n) is 7.33. The van der Waals surface area contributed by atoms with E-state index in [-0.39, 0.29) is 12.3 Å². The second kappa shape index (κ2) is 8.98. The molecule has 4 rings (SSSR count).